The van der Waals surface area contributed by atoms with Crippen molar-refractivity contribution in [2.75, 3.05) is 29.5 Å². The van der Waals surface area contributed by atoms with Gasteiger partial charge in [-0.2, -0.15) is 0 Å². The lowest BCUT2D eigenvalue weighted by molar-refractivity contribution is 0.672. The molecular weight excluding hydrogens is 186 g/mol. The van der Waals surface area contributed by atoms with E-state index < -0.39 is 10.8 Å². The van der Waals surface area contributed by atoms with Crippen LogP contribution in [0, 0.1) is 0 Å². The molecule has 0 atom stereocenters. The van der Waals surface area contributed by atoms with Crippen molar-refractivity contribution in [1.82, 2.24) is 9.97 Å². The molecule has 0 spiro atoms. The van der Waals surface area contributed by atoms with Gasteiger partial charge in [-0.25, -0.2) is 4.98 Å². The van der Waals surface area contributed by atoms with E-state index in [9.17, 15) is 4.21 Å². The first-order valence-corrected chi connectivity index (χ1v) is 5.71. The van der Waals surface area contributed by atoms with E-state index in [1.165, 1.54) is 0 Å². The highest BCUT2D eigenvalue weighted by Crippen LogP contribution is 2.10. The summed E-state index contributed by atoms with van der Waals surface area (Å²) in [5.74, 6) is 2.38. The number of hydrogen-bond donors (Lipinski definition) is 0. The van der Waals surface area contributed by atoms with Gasteiger partial charge < -0.3 is 4.90 Å². The van der Waals surface area contributed by atoms with Crippen LogP contribution in [0.25, 0.3) is 0 Å². The second-order valence-corrected chi connectivity index (χ2v) is 4.59. The highest BCUT2D eigenvalue weighted by atomic mass is 32.2. The Kier molecular flexibility index (Phi) is 2.54. The third-order valence-corrected chi connectivity index (χ3v) is 3.33. The molecule has 1 aliphatic rings. The molecule has 1 aromatic rings. The van der Waals surface area contributed by atoms with E-state index in [0.29, 0.717) is 0 Å². The third kappa shape index (κ3) is 2.03. The molecule has 0 aliphatic carbocycles. The lowest BCUT2D eigenvalue weighted by Crippen LogP contribution is -2.38. The van der Waals surface area contributed by atoms with E-state index in [1.54, 1.807) is 18.6 Å². The number of nitrogens with zero attached hydrogens (tertiary/aromatic N) is 3. The summed E-state index contributed by atoms with van der Waals surface area (Å²) in [7, 11) is -0.625. The molecule has 1 aromatic heterocycles. The monoisotopic (exact) mass is 197 g/mol. The van der Waals surface area contributed by atoms with Crippen LogP contribution in [-0.2, 0) is 10.8 Å². The second-order valence-electron chi connectivity index (χ2n) is 2.90. The molecule has 70 valence electrons. The maximum Gasteiger partial charge on any atom is 0.147 e. The zero-order chi connectivity index (χ0) is 9.10. The zero-order valence-corrected chi connectivity index (χ0v) is 8.04. The van der Waals surface area contributed by atoms with E-state index in [-0.39, 0.29) is 0 Å². The second kappa shape index (κ2) is 3.83. The van der Waals surface area contributed by atoms with Crippen LogP contribution in [0.2, 0.25) is 0 Å². The van der Waals surface area contributed by atoms with Gasteiger partial charge in [0.05, 0.1) is 6.20 Å². The van der Waals surface area contributed by atoms with Crippen LogP contribution in [0.3, 0.4) is 0 Å². The summed E-state index contributed by atoms with van der Waals surface area (Å²) in [6.45, 7) is 1.65. The Hall–Kier alpha value is -0.970. The molecular formula is C8H11N3OS. The van der Waals surface area contributed by atoms with Gasteiger partial charge in [0.1, 0.15) is 5.82 Å². The Morgan fingerprint density at radius 2 is 2.08 bits per heavy atom. The van der Waals surface area contributed by atoms with E-state index in [1.807, 2.05) is 0 Å². The van der Waals surface area contributed by atoms with Gasteiger partial charge in [-0.15, -0.1) is 0 Å². The number of rotatable bonds is 1. The van der Waals surface area contributed by atoms with Crippen molar-refractivity contribution < 1.29 is 4.21 Å². The van der Waals surface area contributed by atoms with Crippen LogP contribution in [0.5, 0.6) is 0 Å². The summed E-state index contributed by atoms with van der Waals surface area (Å²) in [6.07, 6.45) is 5.08. The van der Waals surface area contributed by atoms with Gasteiger partial charge in [-0.05, 0) is 0 Å². The molecule has 2 heterocycles. The van der Waals surface area contributed by atoms with Crippen LogP contribution in [-0.4, -0.2) is 38.8 Å². The fourth-order valence-corrected chi connectivity index (χ4v) is 2.37. The van der Waals surface area contributed by atoms with E-state index in [4.69, 9.17) is 0 Å². The van der Waals surface area contributed by atoms with Crippen LogP contribution in [0.1, 0.15) is 0 Å². The smallest absolute Gasteiger partial charge is 0.147 e. The standard InChI is InChI=1S/C8H11N3OS/c12-13-5-3-11(4-6-13)8-7-9-1-2-10-8/h1-2,7H,3-6H2. The molecule has 0 aromatic carbocycles. The van der Waals surface area contributed by atoms with E-state index in [0.717, 1.165) is 30.4 Å². The van der Waals surface area contributed by atoms with Gasteiger partial charge in [0, 0.05) is 47.8 Å². The summed E-state index contributed by atoms with van der Waals surface area (Å²) in [5.41, 5.74) is 0. The number of hydrogen-bond acceptors (Lipinski definition) is 4. The molecule has 4 nitrogen and oxygen atoms in total. The normalized spacial score (nSPS) is 18.9. The minimum Gasteiger partial charge on any atom is -0.354 e. The number of aromatic nitrogens is 2. The summed E-state index contributed by atoms with van der Waals surface area (Å²) in [6, 6.07) is 0. The van der Waals surface area contributed by atoms with E-state index >= 15 is 0 Å². The minimum atomic E-state index is -0.625. The molecule has 5 heteroatoms. The molecule has 0 amide bonds. The quantitative estimate of drug-likeness (QED) is 0.638. The fraction of sp³-hybridized carbons (Fsp3) is 0.500. The maximum atomic E-state index is 11.1. The molecule has 1 aliphatic heterocycles. The zero-order valence-electron chi connectivity index (χ0n) is 7.22. The third-order valence-electron chi connectivity index (χ3n) is 2.05. The lowest BCUT2D eigenvalue weighted by Gasteiger charge is -2.26. The van der Waals surface area contributed by atoms with Crippen molar-refractivity contribution in [3.05, 3.63) is 18.6 Å². The Balaban J connectivity index is 2.07. The Morgan fingerprint density at radius 1 is 1.31 bits per heavy atom. The summed E-state index contributed by atoms with van der Waals surface area (Å²) >= 11 is 0. The molecule has 0 N–H and O–H groups in total. The molecule has 1 fully saturated rings. The van der Waals surface area contributed by atoms with Gasteiger partial charge in [-0.3, -0.25) is 9.19 Å². The summed E-state index contributed by atoms with van der Waals surface area (Å²) in [4.78, 5) is 10.3. The average Bonchev–Trinajstić information content (AvgIpc) is 2.20. The summed E-state index contributed by atoms with van der Waals surface area (Å²) < 4.78 is 11.1. The van der Waals surface area contributed by atoms with Crippen LogP contribution in [0.4, 0.5) is 5.82 Å². The largest absolute Gasteiger partial charge is 0.354 e. The minimum absolute atomic E-state index is 0.625. The van der Waals surface area contributed by atoms with Crippen molar-refractivity contribution in [3.8, 4) is 0 Å². The van der Waals surface area contributed by atoms with Crippen molar-refractivity contribution >= 4 is 16.6 Å². The van der Waals surface area contributed by atoms with Gasteiger partial charge in [0.2, 0.25) is 0 Å². The topological polar surface area (TPSA) is 46.1 Å². The number of anilines is 1. The first-order chi connectivity index (χ1) is 6.36. The predicted octanol–water partition coefficient (Wildman–Crippen LogP) is 0.0453. The lowest BCUT2D eigenvalue weighted by atomic mass is 10.5. The van der Waals surface area contributed by atoms with Crippen LogP contribution in [0.15, 0.2) is 18.6 Å². The van der Waals surface area contributed by atoms with Crippen LogP contribution >= 0.6 is 0 Å². The van der Waals surface area contributed by atoms with Crippen molar-refractivity contribution in [2.45, 2.75) is 0 Å². The predicted molar refractivity (Wildman–Crippen MR) is 52.1 cm³/mol. The van der Waals surface area contributed by atoms with Crippen molar-refractivity contribution in [3.63, 3.8) is 0 Å². The molecule has 0 radical (unpaired) electrons. The SMILES string of the molecule is O=S1CCN(c2cnccn2)CC1. The summed E-state index contributed by atoms with van der Waals surface area (Å²) in [5, 5.41) is 0. The van der Waals surface area contributed by atoms with Gasteiger partial charge >= 0.3 is 0 Å². The van der Waals surface area contributed by atoms with Crippen molar-refractivity contribution in [1.29, 1.82) is 0 Å². The maximum absolute atomic E-state index is 11.1. The Labute approximate surface area is 79.5 Å². The fourth-order valence-electron chi connectivity index (χ4n) is 1.32. The van der Waals surface area contributed by atoms with E-state index in [2.05, 4.69) is 14.9 Å². The average molecular weight is 197 g/mol. The first kappa shape index (κ1) is 8.62. The first-order valence-electron chi connectivity index (χ1n) is 4.22. The molecule has 13 heavy (non-hydrogen) atoms. The van der Waals surface area contributed by atoms with Crippen molar-refractivity contribution in [2.24, 2.45) is 0 Å². The molecule has 2 rings (SSSR count). The molecule has 1 saturated heterocycles. The highest BCUT2D eigenvalue weighted by molar-refractivity contribution is 7.85. The highest BCUT2D eigenvalue weighted by Gasteiger charge is 2.15. The molecule has 0 unspecified atom stereocenters. The van der Waals surface area contributed by atoms with Gasteiger partial charge in [0.25, 0.3) is 0 Å². The van der Waals surface area contributed by atoms with Gasteiger partial charge in [-0.1, -0.05) is 0 Å². The Morgan fingerprint density at radius 3 is 2.69 bits per heavy atom. The Bertz CT molecular complexity index is 294. The molecule has 0 bridgehead atoms. The van der Waals surface area contributed by atoms with Gasteiger partial charge in [0.15, 0.2) is 0 Å². The molecule has 0 saturated carbocycles. The van der Waals surface area contributed by atoms with Crippen LogP contribution < -0.4 is 4.90 Å².